The van der Waals surface area contributed by atoms with Crippen LogP contribution in [0.15, 0.2) is 66.7 Å². The average molecular weight is 971 g/mol. The van der Waals surface area contributed by atoms with E-state index in [0.717, 1.165) is 45.6 Å². The number of aromatic amines is 1. The third-order valence-electron chi connectivity index (χ3n) is 13.7. The minimum absolute atomic E-state index is 0.0207. The molecule has 71 heavy (non-hydrogen) atoms. The third-order valence-corrected chi connectivity index (χ3v) is 13.7. The number of benzene rings is 3. The van der Waals surface area contributed by atoms with Gasteiger partial charge in [0, 0.05) is 82.6 Å². The Morgan fingerprint density at radius 2 is 1.56 bits per heavy atom. The summed E-state index contributed by atoms with van der Waals surface area (Å²) in [7, 11) is 0. The highest BCUT2D eigenvalue weighted by Crippen LogP contribution is 2.37. The van der Waals surface area contributed by atoms with E-state index >= 15 is 0 Å². The molecule has 0 aliphatic carbocycles. The number of aromatic nitrogens is 4. The summed E-state index contributed by atoms with van der Waals surface area (Å²) in [5.41, 5.74) is 5.92. The normalized spacial score (nSPS) is 18.1. The van der Waals surface area contributed by atoms with E-state index in [9.17, 15) is 33.9 Å². The standard InChI is InChI=1S/C52H62N10O9/c1-52(2,3)71-51(69)60-24-21-35(22-25-60)45-37(48(67)62(57-45)50-54-38-10-4-5-11-39(38)55-50)18-17-34-15-13-33(14-16-34)8-7-31-70-32-43(64)59-29-27-58(28-30-59)26-23-53-40-12-6-9-36-44(40)49(68)61(47(36)66)41-19-20-42(63)56-46(41)65/h4-6,9-16,35,41,53,67H,7-8,17-32H2,1-3H3,(H,54,55)(H,56,63,65). The number of para-hydroxylation sites is 2. The first kappa shape index (κ1) is 48.9. The van der Waals surface area contributed by atoms with Gasteiger partial charge in [-0.2, -0.15) is 9.78 Å². The number of imide groups is 2. The number of piperazine rings is 1. The lowest BCUT2D eigenvalue weighted by Crippen LogP contribution is -2.54. The molecule has 3 aromatic carbocycles. The third kappa shape index (κ3) is 11.1. The largest absolute Gasteiger partial charge is 0.493 e. The minimum atomic E-state index is -1.02. The predicted octanol–water partition coefficient (Wildman–Crippen LogP) is 4.96. The van der Waals surface area contributed by atoms with Crippen molar-refractivity contribution in [1.29, 1.82) is 0 Å². The van der Waals surface area contributed by atoms with Crippen LogP contribution in [0.4, 0.5) is 10.5 Å². The van der Waals surface area contributed by atoms with Gasteiger partial charge in [0.15, 0.2) is 0 Å². The number of hydrogen-bond acceptors (Lipinski definition) is 13. The van der Waals surface area contributed by atoms with Crippen molar-refractivity contribution in [1.82, 2.24) is 44.7 Å². The molecule has 6 amide bonds. The lowest BCUT2D eigenvalue weighted by Gasteiger charge is -2.34. The molecule has 1 atom stereocenters. The number of likely N-dealkylation sites (tertiary alicyclic amines) is 1. The number of anilines is 1. The molecule has 6 heterocycles. The van der Waals surface area contributed by atoms with E-state index in [1.165, 1.54) is 10.2 Å². The van der Waals surface area contributed by atoms with Crippen LogP contribution < -0.4 is 10.6 Å². The quantitative estimate of drug-likeness (QED) is 0.0759. The lowest BCUT2D eigenvalue weighted by atomic mass is 9.89. The summed E-state index contributed by atoms with van der Waals surface area (Å²) >= 11 is 0. The van der Waals surface area contributed by atoms with Crippen LogP contribution in [0.5, 0.6) is 5.88 Å². The molecule has 0 spiro atoms. The summed E-state index contributed by atoms with van der Waals surface area (Å²) in [6.45, 7) is 10.8. The van der Waals surface area contributed by atoms with Gasteiger partial charge >= 0.3 is 6.09 Å². The fraction of sp³-hybridized carbons (Fsp3) is 0.462. The first-order valence-electron chi connectivity index (χ1n) is 24.7. The van der Waals surface area contributed by atoms with Crippen LogP contribution in [0.3, 0.4) is 0 Å². The molecular formula is C52H62N10O9. The Bertz CT molecular complexity index is 2770. The minimum Gasteiger partial charge on any atom is -0.493 e. The molecule has 4 aliphatic rings. The summed E-state index contributed by atoms with van der Waals surface area (Å²) in [6.07, 6.45) is 4.05. The van der Waals surface area contributed by atoms with E-state index in [0.29, 0.717) is 96.3 Å². The van der Waals surface area contributed by atoms with Crippen LogP contribution in [0, 0.1) is 0 Å². The fourth-order valence-electron chi connectivity index (χ4n) is 9.88. The van der Waals surface area contributed by atoms with Crippen LogP contribution in [-0.4, -0.2) is 157 Å². The number of aromatic hydroxyl groups is 1. The number of piperidine rings is 2. The monoisotopic (exact) mass is 970 g/mol. The molecule has 5 aromatic rings. The fourth-order valence-corrected chi connectivity index (χ4v) is 9.88. The van der Waals surface area contributed by atoms with Gasteiger partial charge in [-0.3, -0.25) is 39.1 Å². The number of rotatable bonds is 16. The van der Waals surface area contributed by atoms with Gasteiger partial charge in [0.05, 0.1) is 27.9 Å². The first-order chi connectivity index (χ1) is 34.2. The summed E-state index contributed by atoms with van der Waals surface area (Å²) in [6, 6.07) is 20.1. The Kier molecular flexibility index (Phi) is 14.5. The zero-order chi connectivity index (χ0) is 49.8. The van der Waals surface area contributed by atoms with E-state index in [1.54, 1.807) is 23.1 Å². The Balaban J connectivity index is 0.701. The molecule has 4 aliphatic heterocycles. The number of nitrogens with one attached hydrogen (secondary N) is 3. The van der Waals surface area contributed by atoms with Gasteiger partial charge in [-0.15, -0.1) is 0 Å². The van der Waals surface area contributed by atoms with E-state index in [1.807, 2.05) is 49.9 Å². The van der Waals surface area contributed by atoms with Crippen LogP contribution in [-0.2, 0) is 43.1 Å². The van der Waals surface area contributed by atoms with Crippen molar-refractivity contribution in [2.45, 2.75) is 89.7 Å². The topological polar surface area (TPSA) is 225 Å². The van der Waals surface area contributed by atoms with E-state index < -0.39 is 35.3 Å². The molecule has 2 aromatic heterocycles. The van der Waals surface area contributed by atoms with Gasteiger partial charge in [-0.05, 0) is 101 Å². The van der Waals surface area contributed by atoms with Gasteiger partial charge in [0.2, 0.25) is 29.5 Å². The van der Waals surface area contributed by atoms with Gasteiger partial charge in [0.1, 0.15) is 18.2 Å². The number of hydrogen-bond donors (Lipinski definition) is 4. The van der Waals surface area contributed by atoms with Crippen molar-refractivity contribution in [3.63, 3.8) is 0 Å². The molecule has 19 heteroatoms. The van der Waals surface area contributed by atoms with E-state index in [2.05, 4.69) is 44.8 Å². The molecule has 0 radical (unpaired) electrons. The maximum absolute atomic E-state index is 13.4. The maximum Gasteiger partial charge on any atom is 0.410 e. The first-order valence-corrected chi connectivity index (χ1v) is 24.7. The predicted molar refractivity (Wildman–Crippen MR) is 262 cm³/mol. The number of carbonyl (C=O) groups excluding carboxylic acids is 6. The van der Waals surface area contributed by atoms with Crippen molar-refractivity contribution in [2.24, 2.45) is 0 Å². The van der Waals surface area contributed by atoms with Crippen LogP contribution in [0.2, 0.25) is 0 Å². The van der Waals surface area contributed by atoms with Crippen LogP contribution in [0.25, 0.3) is 17.0 Å². The zero-order valence-corrected chi connectivity index (χ0v) is 40.6. The molecule has 1 unspecified atom stereocenters. The Morgan fingerprint density at radius 3 is 2.28 bits per heavy atom. The van der Waals surface area contributed by atoms with Crippen LogP contribution in [0.1, 0.15) is 102 Å². The zero-order valence-electron chi connectivity index (χ0n) is 40.6. The average Bonchev–Trinajstić information content (AvgIpc) is 4.01. The van der Waals surface area contributed by atoms with Gasteiger partial charge in [-0.1, -0.05) is 42.5 Å². The number of H-pyrrole nitrogens is 1. The number of carbonyl (C=O) groups is 6. The molecule has 19 nitrogen and oxygen atoms in total. The molecule has 9 rings (SSSR count). The van der Waals surface area contributed by atoms with Gasteiger partial charge in [0.25, 0.3) is 11.8 Å². The second-order valence-corrected chi connectivity index (χ2v) is 19.7. The highest BCUT2D eigenvalue weighted by molar-refractivity contribution is 6.25. The smallest absolute Gasteiger partial charge is 0.410 e. The number of imidazole rings is 1. The summed E-state index contributed by atoms with van der Waals surface area (Å²) < 4.78 is 13.0. The summed E-state index contributed by atoms with van der Waals surface area (Å²) in [5.74, 6) is -1.65. The second kappa shape index (κ2) is 21.1. The highest BCUT2D eigenvalue weighted by Gasteiger charge is 2.45. The number of fused-ring (bicyclic) bond motifs is 2. The second-order valence-electron chi connectivity index (χ2n) is 19.7. The van der Waals surface area contributed by atoms with Crippen molar-refractivity contribution < 1.29 is 43.3 Å². The Labute approximate surface area is 411 Å². The lowest BCUT2D eigenvalue weighted by molar-refractivity contribution is -0.138. The van der Waals surface area contributed by atoms with Crippen molar-refractivity contribution in [3.8, 4) is 11.8 Å². The van der Waals surface area contributed by atoms with Gasteiger partial charge < -0.3 is 34.7 Å². The highest BCUT2D eigenvalue weighted by atomic mass is 16.6. The molecule has 3 saturated heterocycles. The molecule has 0 saturated carbocycles. The summed E-state index contributed by atoms with van der Waals surface area (Å²) in [5, 5.41) is 22.2. The summed E-state index contributed by atoms with van der Waals surface area (Å²) in [4.78, 5) is 91.4. The SMILES string of the molecule is CC(C)(C)OC(=O)N1CCC(c2nn(-c3nc4ccccc4[nH]3)c(O)c2CCc2ccc(CCCOCC(=O)N3CCN(CCNc4cccc5c4C(=O)N(C4CCC(=O)NC4=O)C5=O)CC3)cc2)CC1. The molecular weight excluding hydrogens is 909 g/mol. The Morgan fingerprint density at radius 1 is 0.831 bits per heavy atom. The van der Waals surface area contributed by atoms with Crippen LogP contribution >= 0.6 is 0 Å². The maximum atomic E-state index is 13.4. The molecule has 4 N–H and O–H groups in total. The number of nitrogens with zero attached hydrogens (tertiary/aromatic N) is 7. The number of ether oxygens (including phenoxy) is 2. The van der Waals surface area contributed by atoms with Crippen molar-refractivity contribution >= 4 is 52.3 Å². The number of amides is 6. The Hall–Kier alpha value is -7.12. The van der Waals surface area contributed by atoms with E-state index in [4.69, 9.17) is 19.6 Å². The van der Waals surface area contributed by atoms with E-state index in [-0.39, 0.29) is 54.4 Å². The molecule has 0 bridgehead atoms. The van der Waals surface area contributed by atoms with Gasteiger partial charge in [-0.25, -0.2) is 9.78 Å². The van der Waals surface area contributed by atoms with Crippen molar-refractivity contribution in [3.05, 3.63) is 100 Å². The molecule has 3 fully saturated rings. The van der Waals surface area contributed by atoms with Crippen molar-refractivity contribution in [2.75, 3.05) is 70.9 Å². The molecule has 374 valence electrons. The number of aryl methyl sites for hydroxylation is 2.